The summed E-state index contributed by atoms with van der Waals surface area (Å²) < 4.78 is 10.8. The summed E-state index contributed by atoms with van der Waals surface area (Å²) in [6.45, 7) is 6.52. The Morgan fingerprint density at radius 1 is 1.14 bits per heavy atom. The number of nitrogens with zero attached hydrogens (tertiary/aromatic N) is 1. The lowest BCUT2D eigenvalue weighted by molar-refractivity contribution is -0.136. The van der Waals surface area contributed by atoms with Crippen molar-refractivity contribution in [2.24, 2.45) is 5.10 Å². The van der Waals surface area contributed by atoms with Crippen LogP contribution >= 0.6 is 11.6 Å². The van der Waals surface area contributed by atoms with Gasteiger partial charge in [-0.1, -0.05) is 31.2 Å². The van der Waals surface area contributed by atoms with Gasteiger partial charge < -0.3 is 14.8 Å². The summed E-state index contributed by atoms with van der Waals surface area (Å²) in [7, 11) is 0. The van der Waals surface area contributed by atoms with E-state index in [-0.39, 0.29) is 0 Å². The molecule has 2 aromatic rings. The van der Waals surface area contributed by atoms with Crippen molar-refractivity contribution in [1.29, 1.82) is 0 Å². The van der Waals surface area contributed by atoms with Gasteiger partial charge in [0.1, 0.15) is 18.1 Å². The number of benzene rings is 2. The van der Waals surface area contributed by atoms with E-state index in [1.807, 2.05) is 6.92 Å². The standard InChI is InChI=1S/C21H22ClN3O4/c1-3-11-28-17-8-6-16(7-9-17)24-20(26)21(27)25-23-14-15-5-10-19(18(22)13-15)29-12-4-2/h3,5-10,13-14H,1,4,11-12H2,2H3,(H,24,26)(H,25,27)/b23-14-. The predicted molar refractivity (Wildman–Crippen MR) is 114 cm³/mol. The van der Waals surface area contributed by atoms with Gasteiger partial charge in [-0.15, -0.1) is 0 Å². The molecule has 0 radical (unpaired) electrons. The normalized spacial score (nSPS) is 10.4. The Kier molecular flexibility index (Phi) is 8.72. The third kappa shape index (κ3) is 7.31. The maximum atomic E-state index is 11.9. The van der Waals surface area contributed by atoms with Gasteiger partial charge in [0.05, 0.1) is 17.8 Å². The van der Waals surface area contributed by atoms with Crippen LogP contribution in [-0.2, 0) is 9.59 Å². The highest BCUT2D eigenvalue weighted by molar-refractivity contribution is 6.39. The third-order valence-corrected chi connectivity index (χ3v) is 3.78. The van der Waals surface area contributed by atoms with Crippen LogP contribution < -0.4 is 20.2 Å². The van der Waals surface area contributed by atoms with E-state index in [1.165, 1.54) is 6.21 Å². The van der Waals surface area contributed by atoms with Gasteiger partial charge in [0.15, 0.2) is 0 Å². The lowest BCUT2D eigenvalue weighted by atomic mass is 10.2. The molecule has 0 bridgehead atoms. The van der Waals surface area contributed by atoms with Crippen molar-refractivity contribution in [2.45, 2.75) is 13.3 Å². The average molecular weight is 416 g/mol. The second kappa shape index (κ2) is 11.5. The highest BCUT2D eigenvalue weighted by atomic mass is 35.5. The summed E-state index contributed by atoms with van der Waals surface area (Å²) in [5.74, 6) is -0.540. The van der Waals surface area contributed by atoms with Gasteiger partial charge in [-0.05, 0) is 54.4 Å². The van der Waals surface area contributed by atoms with E-state index in [2.05, 4.69) is 22.4 Å². The van der Waals surface area contributed by atoms with Crippen LogP contribution in [0.5, 0.6) is 11.5 Å². The summed E-state index contributed by atoms with van der Waals surface area (Å²) >= 11 is 6.13. The zero-order chi connectivity index (χ0) is 21.1. The molecule has 2 rings (SSSR count). The van der Waals surface area contributed by atoms with Crippen LogP contribution in [-0.4, -0.2) is 31.2 Å². The Morgan fingerprint density at radius 3 is 2.55 bits per heavy atom. The van der Waals surface area contributed by atoms with E-state index >= 15 is 0 Å². The number of carbonyl (C=O) groups excluding carboxylic acids is 2. The maximum absolute atomic E-state index is 11.9. The molecule has 29 heavy (non-hydrogen) atoms. The molecule has 152 valence electrons. The van der Waals surface area contributed by atoms with Gasteiger partial charge in [0, 0.05) is 5.69 Å². The third-order valence-electron chi connectivity index (χ3n) is 3.48. The molecule has 8 heteroatoms. The van der Waals surface area contributed by atoms with Crippen LogP contribution in [0.3, 0.4) is 0 Å². The number of hydrogen-bond acceptors (Lipinski definition) is 5. The van der Waals surface area contributed by atoms with E-state index in [4.69, 9.17) is 21.1 Å². The summed E-state index contributed by atoms with van der Waals surface area (Å²) in [4.78, 5) is 23.8. The number of carbonyl (C=O) groups is 2. The minimum atomic E-state index is -0.901. The van der Waals surface area contributed by atoms with E-state index in [0.717, 1.165) is 6.42 Å². The molecule has 2 N–H and O–H groups in total. The van der Waals surface area contributed by atoms with E-state index in [0.29, 0.717) is 41.0 Å². The van der Waals surface area contributed by atoms with Crippen molar-refractivity contribution in [3.63, 3.8) is 0 Å². The molecule has 0 aliphatic carbocycles. The van der Waals surface area contributed by atoms with Crippen molar-refractivity contribution >= 4 is 35.3 Å². The summed E-state index contributed by atoms with van der Waals surface area (Å²) in [5, 5.41) is 6.68. The van der Waals surface area contributed by atoms with Gasteiger partial charge in [0.2, 0.25) is 0 Å². The number of hydrazone groups is 1. The molecule has 0 saturated carbocycles. The molecular formula is C21H22ClN3O4. The molecule has 2 aromatic carbocycles. The first kappa shape index (κ1) is 22.0. The van der Waals surface area contributed by atoms with Crippen molar-refractivity contribution in [3.05, 3.63) is 65.7 Å². The Bertz CT molecular complexity index is 882. The van der Waals surface area contributed by atoms with E-state index in [9.17, 15) is 9.59 Å². The molecule has 7 nitrogen and oxygen atoms in total. The van der Waals surface area contributed by atoms with Crippen LogP contribution in [0.1, 0.15) is 18.9 Å². The summed E-state index contributed by atoms with van der Waals surface area (Å²) in [5.41, 5.74) is 3.27. The van der Waals surface area contributed by atoms with E-state index < -0.39 is 11.8 Å². The van der Waals surface area contributed by atoms with Crippen LogP contribution in [0, 0.1) is 0 Å². The van der Waals surface area contributed by atoms with Gasteiger partial charge in [0.25, 0.3) is 0 Å². The zero-order valence-electron chi connectivity index (χ0n) is 16.0. The first-order valence-corrected chi connectivity index (χ1v) is 9.31. The minimum absolute atomic E-state index is 0.381. The van der Waals surface area contributed by atoms with Crippen molar-refractivity contribution in [3.8, 4) is 11.5 Å². The largest absolute Gasteiger partial charge is 0.492 e. The van der Waals surface area contributed by atoms with E-state index in [1.54, 1.807) is 48.5 Å². The fourth-order valence-corrected chi connectivity index (χ4v) is 2.36. The molecule has 0 aromatic heterocycles. The molecular weight excluding hydrogens is 394 g/mol. The lowest BCUT2D eigenvalue weighted by Gasteiger charge is -2.07. The number of amides is 2. The highest BCUT2D eigenvalue weighted by Crippen LogP contribution is 2.25. The quantitative estimate of drug-likeness (QED) is 0.282. The molecule has 2 amide bonds. The van der Waals surface area contributed by atoms with Crippen LogP contribution in [0.25, 0.3) is 0 Å². The first-order valence-electron chi connectivity index (χ1n) is 8.94. The van der Waals surface area contributed by atoms with Gasteiger partial charge in [-0.25, -0.2) is 5.43 Å². The number of anilines is 1. The van der Waals surface area contributed by atoms with Crippen LogP contribution in [0.4, 0.5) is 5.69 Å². The molecule has 0 atom stereocenters. The van der Waals surface area contributed by atoms with Crippen molar-refractivity contribution in [1.82, 2.24) is 5.43 Å². The fourth-order valence-electron chi connectivity index (χ4n) is 2.12. The highest BCUT2D eigenvalue weighted by Gasteiger charge is 2.12. The second-order valence-corrected chi connectivity index (χ2v) is 6.22. The van der Waals surface area contributed by atoms with Crippen LogP contribution in [0.2, 0.25) is 5.02 Å². The van der Waals surface area contributed by atoms with Crippen molar-refractivity contribution in [2.75, 3.05) is 18.5 Å². The zero-order valence-corrected chi connectivity index (χ0v) is 16.7. The monoisotopic (exact) mass is 415 g/mol. The van der Waals surface area contributed by atoms with Gasteiger partial charge >= 0.3 is 11.8 Å². The molecule has 0 unspecified atom stereocenters. The minimum Gasteiger partial charge on any atom is -0.492 e. The number of nitrogens with one attached hydrogen (secondary N) is 2. The predicted octanol–water partition coefficient (Wildman–Crippen LogP) is 3.78. The number of hydrogen-bond donors (Lipinski definition) is 2. The van der Waals surface area contributed by atoms with Gasteiger partial charge in [-0.2, -0.15) is 5.10 Å². The number of rotatable bonds is 9. The molecule has 0 saturated heterocycles. The Balaban J connectivity index is 1.85. The lowest BCUT2D eigenvalue weighted by Crippen LogP contribution is -2.32. The molecule has 0 aliphatic heterocycles. The number of ether oxygens (including phenoxy) is 2. The summed E-state index contributed by atoms with van der Waals surface area (Å²) in [6, 6.07) is 11.7. The van der Waals surface area contributed by atoms with Gasteiger partial charge in [-0.3, -0.25) is 9.59 Å². The second-order valence-electron chi connectivity index (χ2n) is 5.82. The maximum Gasteiger partial charge on any atom is 0.329 e. The molecule has 0 spiro atoms. The molecule has 0 fully saturated rings. The fraction of sp³-hybridized carbons (Fsp3) is 0.190. The Hall–Kier alpha value is -3.32. The molecule has 0 heterocycles. The Labute approximate surface area is 174 Å². The topological polar surface area (TPSA) is 89.0 Å². The van der Waals surface area contributed by atoms with Crippen molar-refractivity contribution < 1.29 is 19.1 Å². The number of halogens is 1. The first-order chi connectivity index (χ1) is 14.0. The Morgan fingerprint density at radius 2 is 1.90 bits per heavy atom. The SMILES string of the molecule is C=CCOc1ccc(NC(=O)C(=O)N/N=C\c2ccc(OCCC)c(Cl)c2)cc1. The smallest absolute Gasteiger partial charge is 0.329 e. The molecule has 0 aliphatic rings. The average Bonchev–Trinajstić information content (AvgIpc) is 2.72. The summed E-state index contributed by atoms with van der Waals surface area (Å²) in [6.07, 6.45) is 3.89. The van der Waals surface area contributed by atoms with Crippen LogP contribution in [0.15, 0.2) is 60.2 Å².